The lowest BCUT2D eigenvalue weighted by atomic mass is 9.97. The molecule has 2 N–H and O–H groups in total. The van der Waals surface area contributed by atoms with Gasteiger partial charge in [0.15, 0.2) is 6.61 Å². The second-order valence-electron chi connectivity index (χ2n) is 5.90. The first kappa shape index (κ1) is 17.0. The first-order valence-electron chi connectivity index (χ1n) is 7.70. The number of ether oxygens (including phenoxy) is 1. The van der Waals surface area contributed by atoms with Crippen LogP contribution in [0.15, 0.2) is 18.2 Å². The van der Waals surface area contributed by atoms with Crippen LogP contribution in [0.4, 0.5) is 0 Å². The number of aryl methyl sites for hydroxylation is 1. The summed E-state index contributed by atoms with van der Waals surface area (Å²) in [5.41, 5.74) is 7.60. The Balaban J connectivity index is 1.92. The molecule has 1 aliphatic heterocycles. The summed E-state index contributed by atoms with van der Waals surface area (Å²) in [6, 6.07) is 5.37. The molecule has 0 spiro atoms. The summed E-state index contributed by atoms with van der Waals surface area (Å²) < 4.78 is 5.13. The summed E-state index contributed by atoms with van der Waals surface area (Å²) in [6.45, 7) is 4.29. The van der Waals surface area contributed by atoms with Gasteiger partial charge in [-0.05, 0) is 43.9 Å². The number of amides is 2. The molecule has 1 fully saturated rings. The first-order valence-corrected chi connectivity index (χ1v) is 7.70. The predicted molar refractivity (Wildman–Crippen MR) is 84.7 cm³/mol. The van der Waals surface area contributed by atoms with Gasteiger partial charge in [-0.2, -0.15) is 0 Å². The number of hydrogen-bond donors (Lipinski definition) is 1. The normalized spacial score (nSPS) is 17.7. The second-order valence-corrected chi connectivity index (χ2v) is 5.90. The fraction of sp³-hybridized carbons (Fsp3) is 0.471. The largest absolute Gasteiger partial charge is 0.452 e. The van der Waals surface area contributed by atoms with Crippen molar-refractivity contribution in [1.82, 2.24) is 4.90 Å². The quantitative estimate of drug-likeness (QED) is 0.844. The minimum atomic E-state index is -0.511. The summed E-state index contributed by atoms with van der Waals surface area (Å²) in [6.07, 6.45) is 1.42. The summed E-state index contributed by atoms with van der Waals surface area (Å²) in [5.74, 6) is -1.52. The third-order valence-electron chi connectivity index (χ3n) is 4.33. The number of rotatable bonds is 4. The molecule has 1 atom stereocenters. The van der Waals surface area contributed by atoms with Gasteiger partial charge in [0.25, 0.3) is 5.91 Å². The maximum absolute atomic E-state index is 12.2. The zero-order valence-corrected chi connectivity index (χ0v) is 13.5. The van der Waals surface area contributed by atoms with Gasteiger partial charge in [0.1, 0.15) is 0 Å². The molecule has 1 heterocycles. The van der Waals surface area contributed by atoms with E-state index in [9.17, 15) is 14.4 Å². The minimum absolute atomic E-state index is 0.297. The molecule has 2 amide bonds. The highest BCUT2D eigenvalue weighted by molar-refractivity contribution is 5.93. The number of nitrogens with two attached hydrogens (primary N) is 1. The molecule has 0 bridgehead atoms. The molecule has 23 heavy (non-hydrogen) atoms. The van der Waals surface area contributed by atoms with Crippen molar-refractivity contribution < 1.29 is 19.1 Å². The molecule has 124 valence electrons. The van der Waals surface area contributed by atoms with Crippen LogP contribution in [0, 0.1) is 19.8 Å². The van der Waals surface area contributed by atoms with Crippen LogP contribution < -0.4 is 5.73 Å². The number of hydrogen-bond acceptors (Lipinski definition) is 4. The van der Waals surface area contributed by atoms with Crippen LogP contribution in [0.5, 0.6) is 0 Å². The van der Waals surface area contributed by atoms with Gasteiger partial charge in [0, 0.05) is 13.1 Å². The van der Waals surface area contributed by atoms with Gasteiger partial charge in [-0.1, -0.05) is 12.1 Å². The zero-order chi connectivity index (χ0) is 17.0. The number of carbonyl (C=O) groups excluding carboxylic acids is 3. The highest BCUT2D eigenvalue weighted by Crippen LogP contribution is 2.17. The Kier molecular flexibility index (Phi) is 5.36. The molecule has 0 unspecified atom stereocenters. The van der Waals surface area contributed by atoms with E-state index in [1.807, 2.05) is 19.9 Å². The number of piperidine rings is 1. The molecule has 1 aromatic carbocycles. The van der Waals surface area contributed by atoms with Gasteiger partial charge in [0.2, 0.25) is 5.91 Å². The van der Waals surface area contributed by atoms with E-state index in [2.05, 4.69) is 0 Å². The van der Waals surface area contributed by atoms with Crippen LogP contribution in [0.3, 0.4) is 0 Å². The van der Waals surface area contributed by atoms with Crippen molar-refractivity contribution >= 4 is 17.8 Å². The van der Waals surface area contributed by atoms with E-state index < -0.39 is 11.9 Å². The number of esters is 1. The van der Waals surface area contributed by atoms with Crippen LogP contribution >= 0.6 is 0 Å². The van der Waals surface area contributed by atoms with Crippen molar-refractivity contribution in [2.24, 2.45) is 11.7 Å². The Morgan fingerprint density at radius 1 is 1.30 bits per heavy atom. The van der Waals surface area contributed by atoms with Crippen molar-refractivity contribution in [3.05, 3.63) is 34.9 Å². The molecule has 6 heteroatoms. The Morgan fingerprint density at radius 3 is 2.74 bits per heavy atom. The number of nitrogens with zero attached hydrogens (tertiary/aromatic N) is 1. The van der Waals surface area contributed by atoms with E-state index in [1.165, 1.54) is 4.90 Å². The molecule has 1 aliphatic rings. The van der Waals surface area contributed by atoms with E-state index in [1.54, 1.807) is 12.1 Å². The van der Waals surface area contributed by atoms with Crippen molar-refractivity contribution in [3.63, 3.8) is 0 Å². The first-order chi connectivity index (χ1) is 10.9. The van der Waals surface area contributed by atoms with Gasteiger partial charge in [-0.15, -0.1) is 0 Å². The minimum Gasteiger partial charge on any atom is -0.452 e. The summed E-state index contributed by atoms with van der Waals surface area (Å²) in [5, 5.41) is 0. The highest BCUT2D eigenvalue weighted by Gasteiger charge is 2.27. The van der Waals surface area contributed by atoms with Gasteiger partial charge < -0.3 is 15.4 Å². The zero-order valence-electron chi connectivity index (χ0n) is 13.5. The number of primary amides is 1. The SMILES string of the molecule is Cc1cccc(C(=O)OCC(=O)N2CCC[C@@H](C(N)=O)C2)c1C. The standard InChI is InChI=1S/C17H22N2O4/c1-11-5-3-7-14(12(11)2)17(22)23-10-15(20)19-8-4-6-13(9-19)16(18)21/h3,5,7,13H,4,6,8-10H2,1-2H3,(H2,18,21)/t13-/m1/s1. The van der Waals surface area contributed by atoms with Crippen LogP contribution in [0.2, 0.25) is 0 Å². The molecule has 6 nitrogen and oxygen atoms in total. The number of carbonyl (C=O) groups is 3. The Bertz CT molecular complexity index is 627. The molecule has 0 aromatic heterocycles. The molecule has 0 radical (unpaired) electrons. The predicted octanol–water partition coefficient (Wildman–Crippen LogP) is 1.18. The Hall–Kier alpha value is -2.37. The molecular formula is C17H22N2O4. The van der Waals surface area contributed by atoms with Crippen molar-refractivity contribution in [2.75, 3.05) is 19.7 Å². The third-order valence-corrected chi connectivity index (χ3v) is 4.33. The van der Waals surface area contributed by atoms with Crippen molar-refractivity contribution in [2.45, 2.75) is 26.7 Å². The van der Waals surface area contributed by atoms with Crippen LogP contribution in [-0.4, -0.2) is 42.4 Å². The lowest BCUT2D eigenvalue weighted by Gasteiger charge is -2.31. The van der Waals surface area contributed by atoms with Crippen molar-refractivity contribution in [3.8, 4) is 0 Å². The second kappa shape index (κ2) is 7.26. The Labute approximate surface area is 135 Å². The maximum Gasteiger partial charge on any atom is 0.338 e. The third kappa shape index (κ3) is 4.09. The van der Waals surface area contributed by atoms with Gasteiger partial charge >= 0.3 is 5.97 Å². The number of benzene rings is 1. The lowest BCUT2D eigenvalue weighted by Crippen LogP contribution is -2.45. The van der Waals surface area contributed by atoms with E-state index >= 15 is 0 Å². The van der Waals surface area contributed by atoms with Gasteiger partial charge in [0.05, 0.1) is 11.5 Å². The van der Waals surface area contributed by atoms with Gasteiger partial charge in [-0.3, -0.25) is 9.59 Å². The maximum atomic E-state index is 12.2. The fourth-order valence-electron chi connectivity index (χ4n) is 2.70. The summed E-state index contributed by atoms with van der Waals surface area (Å²) >= 11 is 0. The molecule has 0 saturated carbocycles. The fourth-order valence-corrected chi connectivity index (χ4v) is 2.70. The van der Waals surface area contributed by atoms with E-state index in [4.69, 9.17) is 10.5 Å². The van der Waals surface area contributed by atoms with Gasteiger partial charge in [-0.25, -0.2) is 4.79 Å². The van der Waals surface area contributed by atoms with Crippen LogP contribution in [-0.2, 0) is 14.3 Å². The number of likely N-dealkylation sites (tertiary alicyclic amines) is 1. The van der Waals surface area contributed by atoms with Crippen LogP contribution in [0.25, 0.3) is 0 Å². The summed E-state index contributed by atoms with van der Waals surface area (Å²) in [7, 11) is 0. The average Bonchev–Trinajstić information content (AvgIpc) is 2.55. The average molecular weight is 318 g/mol. The molecule has 1 aromatic rings. The van der Waals surface area contributed by atoms with E-state index in [-0.39, 0.29) is 18.4 Å². The van der Waals surface area contributed by atoms with E-state index in [0.717, 1.165) is 17.5 Å². The molecular weight excluding hydrogens is 296 g/mol. The smallest absolute Gasteiger partial charge is 0.338 e. The topological polar surface area (TPSA) is 89.7 Å². The van der Waals surface area contributed by atoms with Crippen LogP contribution in [0.1, 0.15) is 34.3 Å². The van der Waals surface area contributed by atoms with E-state index in [0.29, 0.717) is 25.1 Å². The van der Waals surface area contributed by atoms with Crippen molar-refractivity contribution in [1.29, 1.82) is 0 Å². The highest BCUT2D eigenvalue weighted by atomic mass is 16.5. The monoisotopic (exact) mass is 318 g/mol. The summed E-state index contributed by atoms with van der Waals surface area (Å²) in [4.78, 5) is 37.0. The molecule has 1 saturated heterocycles. The Morgan fingerprint density at radius 2 is 2.04 bits per heavy atom. The molecule has 2 rings (SSSR count). The molecule has 0 aliphatic carbocycles. The lowest BCUT2D eigenvalue weighted by molar-refractivity contribution is -0.137.